The Balaban J connectivity index is 2.21. The van der Waals surface area contributed by atoms with Crippen molar-refractivity contribution in [1.82, 2.24) is 4.90 Å². The highest BCUT2D eigenvalue weighted by Gasteiger charge is 2.26. The van der Waals surface area contributed by atoms with E-state index >= 15 is 0 Å². The van der Waals surface area contributed by atoms with Crippen LogP contribution in [0.4, 0.5) is 0 Å². The van der Waals surface area contributed by atoms with E-state index in [1.807, 2.05) is 11.8 Å². The standard InChI is InChI=1S/C10H19NO2S/c1-10(2)8-11(6-7-14-10)5-3-4-9(12)13/h3-8H2,1-2H3,(H,12,13). The lowest BCUT2D eigenvalue weighted by Crippen LogP contribution is -2.43. The third-order valence-electron chi connectivity index (χ3n) is 2.37. The minimum atomic E-state index is -0.685. The van der Waals surface area contributed by atoms with Crippen LogP contribution in [-0.4, -0.2) is 46.1 Å². The van der Waals surface area contributed by atoms with E-state index in [1.54, 1.807) is 0 Å². The zero-order chi connectivity index (χ0) is 10.6. The van der Waals surface area contributed by atoms with Gasteiger partial charge in [-0.1, -0.05) is 0 Å². The van der Waals surface area contributed by atoms with Gasteiger partial charge in [-0.2, -0.15) is 11.8 Å². The summed E-state index contributed by atoms with van der Waals surface area (Å²) in [7, 11) is 0. The normalized spacial score (nSPS) is 22.1. The Hall–Kier alpha value is -0.220. The first-order valence-corrected chi connectivity index (χ1v) is 6.06. The van der Waals surface area contributed by atoms with Crippen LogP contribution in [0.5, 0.6) is 0 Å². The van der Waals surface area contributed by atoms with E-state index in [0.29, 0.717) is 11.2 Å². The Morgan fingerprint density at radius 2 is 2.29 bits per heavy atom. The van der Waals surface area contributed by atoms with Gasteiger partial charge in [-0.25, -0.2) is 0 Å². The highest BCUT2D eigenvalue weighted by Crippen LogP contribution is 2.29. The van der Waals surface area contributed by atoms with Gasteiger partial charge in [0.05, 0.1) is 0 Å². The molecule has 0 atom stereocenters. The van der Waals surface area contributed by atoms with Gasteiger partial charge in [-0.3, -0.25) is 4.79 Å². The number of rotatable bonds is 4. The summed E-state index contributed by atoms with van der Waals surface area (Å²) in [5, 5.41) is 8.52. The SMILES string of the molecule is CC1(C)CN(CCCC(=O)O)CCS1. The van der Waals surface area contributed by atoms with Crippen LogP contribution in [0.15, 0.2) is 0 Å². The van der Waals surface area contributed by atoms with E-state index in [9.17, 15) is 4.79 Å². The van der Waals surface area contributed by atoms with E-state index in [4.69, 9.17) is 5.11 Å². The lowest BCUT2D eigenvalue weighted by molar-refractivity contribution is -0.137. The summed E-state index contributed by atoms with van der Waals surface area (Å²) in [6.07, 6.45) is 1.07. The summed E-state index contributed by atoms with van der Waals surface area (Å²) in [5.74, 6) is 0.482. The lowest BCUT2D eigenvalue weighted by atomic mass is 10.1. The van der Waals surface area contributed by atoms with Crippen molar-refractivity contribution < 1.29 is 9.90 Å². The maximum Gasteiger partial charge on any atom is 0.303 e. The number of carboxylic acid groups (broad SMARTS) is 1. The first-order valence-electron chi connectivity index (χ1n) is 5.08. The molecule has 0 bridgehead atoms. The number of hydrogen-bond acceptors (Lipinski definition) is 3. The van der Waals surface area contributed by atoms with Crippen molar-refractivity contribution in [1.29, 1.82) is 0 Å². The average Bonchev–Trinajstić information content (AvgIpc) is 2.01. The first kappa shape index (κ1) is 11.9. The van der Waals surface area contributed by atoms with Crippen molar-refractivity contribution in [2.75, 3.05) is 25.4 Å². The Kier molecular flexibility index (Phi) is 4.26. The molecule has 14 heavy (non-hydrogen) atoms. The van der Waals surface area contributed by atoms with Crippen LogP contribution >= 0.6 is 11.8 Å². The van der Waals surface area contributed by atoms with Gasteiger partial charge in [0.15, 0.2) is 0 Å². The maximum atomic E-state index is 10.3. The molecule has 0 aromatic carbocycles. The number of nitrogens with zero attached hydrogens (tertiary/aromatic N) is 1. The van der Waals surface area contributed by atoms with E-state index in [1.165, 1.54) is 5.75 Å². The molecule has 4 heteroatoms. The molecule has 0 amide bonds. The zero-order valence-corrected chi connectivity index (χ0v) is 9.77. The summed E-state index contributed by atoms with van der Waals surface area (Å²) >= 11 is 2.01. The third kappa shape index (κ3) is 4.33. The number of thioether (sulfide) groups is 1. The lowest BCUT2D eigenvalue weighted by Gasteiger charge is -2.37. The predicted molar refractivity (Wildman–Crippen MR) is 59.8 cm³/mol. The van der Waals surface area contributed by atoms with Crippen molar-refractivity contribution in [2.45, 2.75) is 31.4 Å². The van der Waals surface area contributed by atoms with Crippen LogP contribution in [0.1, 0.15) is 26.7 Å². The molecule has 1 rings (SSSR count). The fraction of sp³-hybridized carbons (Fsp3) is 0.900. The van der Waals surface area contributed by atoms with Crippen molar-refractivity contribution >= 4 is 17.7 Å². The van der Waals surface area contributed by atoms with Crippen molar-refractivity contribution in [3.05, 3.63) is 0 Å². The summed E-state index contributed by atoms with van der Waals surface area (Å²) in [5.41, 5.74) is 0. The molecular formula is C10H19NO2S. The number of aliphatic carboxylic acids is 1. The Morgan fingerprint density at radius 3 is 2.86 bits per heavy atom. The molecule has 0 aromatic rings. The number of carbonyl (C=O) groups is 1. The molecule has 0 unspecified atom stereocenters. The molecule has 3 nitrogen and oxygen atoms in total. The highest BCUT2D eigenvalue weighted by atomic mass is 32.2. The van der Waals surface area contributed by atoms with Crippen LogP contribution in [0.2, 0.25) is 0 Å². The molecule has 1 N–H and O–H groups in total. The summed E-state index contributed by atoms with van der Waals surface area (Å²) in [6.45, 7) is 7.61. The molecule has 1 fully saturated rings. The molecular weight excluding hydrogens is 198 g/mol. The second-order valence-electron chi connectivity index (χ2n) is 4.38. The van der Waals surface area contributed by atoms with E-state index in [2.05, 4.69) is 18.7 Å². The van der Waals surface area contributed by atoms with Crippen LogP contribution in [0, 0.1) is 0 Å². The van der Waals surface area contributed by atoms with Gasteiger partial charge in [-0.05, 0) is 26.8 Å². The van der Waals surface area contributed by atoms with Gasteiger partial charge in [-0.15, -0.1) is 0 Å². The first-order chi connectivity index (χ1) is 6.49. The van der Waals surface area contributed by atoms with Gasteiger partial charge >= 0.3 is 5.97 Å². The Morgan fingerprint density at radius 1 is 1.57 bits per heavy atom. The average molecular weight is 217 g/mol. The van der Waals surface area contributed by atoms with E-state index in [0.717, 1.165) is 26.1 Å². The van der Waals surface area contributed by atoms with Gasteiger partial charge in [0.2, 0.25) is 0 Å². The van der Waals surface area contributed by atoms with Crippen molar-refractivity contribution in [3.63, 3.8) is 0 Å². The molecule has 82 valence electrons. The molecule has 0 radical (unpaired) electrons. The molecule has 0 spiro atoms. The molecule has 1 saturated heterocycles. The fourth-order valence-electron chi connectivity index (χ4n) is 1.76. The van der Waals surface area contributed by atoms with Gasteiger partial charge in [0.1, 0.15) is 0 Å². The minimum Gasteiger partial charge on any atom is -0.481 e. The molecule has 1 aliphatic heterocycles. The molecule has 1 aliphatic rings. The third-order valence-corrected chi connectivity index (χ3v) is 3.67. The predicted octanol–water partition coefficient (Wildman–Crippen LogP) is 1.68. The quantitative estimate of drug-likeness (QED) is 0.778. The Bertz CT molecular complexity index is 206. The van der Waals surface area contributed by atoms with Gasteiger partial charge < -0.3 is 10.0 Å². The molecule has 0 aliphatic carbocycles. The largest absolute Gasteiger partial charge is 0.481 e. The van der Waals surface area contributed by atoms with Crippen LogP contribution < -0.4 is 0 Å². The summed E-state index contributed by atoms with van der Waals surface area (Å²) < 4.78 is 0.335. The van der Waals surface area contributed by atoms with Crippen LogP contribution in [0.25, 0.3) is 0 Å². The number of carboxylic acids is 1. The monoisotopic (exact) mass is 217 g/mol. The van der Waals surface area contributed by atoms with Crippen molar-refractivity contribution in [2.24, 2.45) is 0 Å². The second kappa shape index (κ2) is 5.03. The number of hydrogen-bond donors (Lipinski definition) is 1. The van der Waals surface area contributed by atoms with Gasteiger partial charge in [0.25, 0.3) is 0 Å². The topological polar surface area (TPSA) is 40.5 Å². The summed E-state index contributed by atoms with van der Waals surface area (Å²) in [4.78, 5) is 12.7. The smallest absolute Gasteiger partial charge is 0.303 e. The molecule has 0 aromatic heterocycles. The van der Waals surface area contributed by atoms with Gasteiger partial charge in [0, 0.05) is 30.0 Å². The van der Waals surface area contributed by atoms with E-state index < -0.39 is 5.97 Å². The summed E-state index contributed by atoms with van der Waals surface area (Å²) in [6, 6.07) is 0. The van der Waals surface area contributed by atoms with Crippen LogP contribution in [0.3, 0.4) is 0 Å². The second-order valence-corrected chi connectivity index (χ2v) is 6.18. The fourth-order valence-corrected chi connectivity index (χ4v) is 2.93. The van der Waals surface area contributed by atoms with Crippen molar-refractivity contribution in [3.8, 4) is 0 Å². The van der Waals surface area contributed by atoms with Crippen LogP contribution in [-0.2, 0) is 4.79 Å². The molecule has 0 saturated carbocycles. The maximum absolute atomic E-state index is 10.3. The minimum absolute atomic E-state index is 0.296. The molecule has 1 heterocycles. The Labute approximate surface area is 89.9 Å². The zero-order valence-electron chi connectivity index (χ0n) is 8.95. The van der Waals surface area contributed by atoms with E-state index in [-0.39, 0.29) is 0 Å². The highest BCUT2D eigenvalue weighted by molar-refractivity contribution is 8.00.